The number of thiophene rings is 1. The zero-order chi connectivity index (χ0) is 50.5. The molecule has 0 saturated heterocycles. The fraction of sp³-hybridized carbons (Fsp3) is 0.117. The summed E-state index contributed by atoms with van der Waals surface area (Å²) in [5, 5.41) is 2.05. The van der Waals surface area contributed by atoms with Gasteiger partial charge in [-0.3, -0.25) is 9.97 Å². The van der Waals surface area contributed by atoms with E-state index >= 15 is 4.39 Å². The van der Waals surface area contributed by atoms with E-state index in [0.717, 1.165) is 81.8 Å². The molecule has 0 saturated carbocycles. The van der Waals surface area contributed by atoms with Crippen LogP contribution in [0.15, 0.2) is 176 Å². The largest absolute Gasteiger partial charge is 0 e. The van der Waals surface area contributed by atoms with Gasteiger partial charge in [-0.1, -0.05) is 89.8 Å². The Kier molecular flexibility index (Phi) is 12.3. The molecule has 7 aromatic carbocycles. The Balaban J connectivity index is 0.000000223. The molecule has 0 bridgehead atoms. The summed E-state index contributed by atoms with van der Waals surface area (Å²) in [6, 6.07) is 57.4. The van der Waals surface area contributed by atoms with Crippen molar-refractivity contribution in [1.29, 1.82) is 0 Å². The maximum atomic E-state index is 16.0. The second kappa shape index (κ2) is 19.9. The van der Waals surface area contributed by atoms with E-state index in [1.807, 2.05) is 97.5 Å². The molecule has 4 nitrogen and oxygen atoms in total. The number of imidazole rings is 1. The molecule has 343 valence electrons. The number of aromatic nitrogens is 4. The Bertz CT molecular complexity index is 3780. The van der Waals surface area contributed by atoms with E-state index in [0.29, 0.717) is 16.9 Å². The molecule has 69 heavy (non-hydrogen) atoms. The zero-order valence-corrected chi connectivity index (χ0v) is 43.8. The van der Waals surface area contributed by atoms with E-state index < -0.39 is 26.0 Å². The van der Waals surface area contributed by atoms with E-state index in [1.54, 1.807) is 41.7 Å². The molecule has 0 aliphatic heterocycles. The van der Waals surface area contributed by atoms with Crippen LogP contribution in [0.4, 0.5) is 8.78 Å². The average molecular weight is 1160 g/mol. The van der Waals surface area contributed by atoms with Crippen LogP contribution in [0.2, 0.25) is 17.3 Å². The monoisotopic (exact) mass is 1170 g/mol. The SMILES string of the molecule is Fc1ccc(-c2cc3c(cn2)sc2c(-c4nc5cccc(F)c5n4-c4cc(-c5ccccc5)ccc4-c4ccccc4)[c-]ccc23)cc1.[2H]C([2H])([2H])c1c[c-]c(-c2cc(C([2H])(C)C)[c]([Ge]([CH3])([CH3])[CH3])cn2)cc1.[Ir]. The van der Waals surface area contributed by atoms with E-state index in [1.165, 1.54) is 28.7 Å². The minimum absolute atomic E-state index is 0. The summed E-state index contributed by atoms with van der Waals surface area (Å²) >= 11 is -0.533. The fourth-order valence-electron chi connectivity index (χ4n) is 8.67. The third-order valence-electron chi connectivity index (χ3n) is 12.1. The van der Waals surface area contributed by atoms with Gasteiger partial charge in [-0.2, -0.15) is 11.3 Å². The van der Waals surface area contributed by atoms with Gasteiger partial charge in [0, 0.05) is 47.8 Å². The molecule has 0 aliphatic rings. The molecular formula is C60H48F2GeIrN4S-2. The molecule has 0 unspecified atom stereocenters. The first-order valence-corrected chi connectivity index (χ1v) is 30.5. The van der Waals surface area contributed by atoms with Gasteiger partial charge in [-0.15, -0.1) is 18.2 Å². The van der Waals surface area contributed by atoms with Crippen LogP contribution in [-0.2, 0) is 20.1 Å². The van der Waals surface area contributed by atoms with Crippen LogP contribution in [0.1, 0.15) is 36.4 Å². The quantitative estimate of drug-likeness (QED) is 0.112. The van der Waals surface area contributed by atoms with Crippen LogP contribution in [-0.4, -0.2) is 32.8 Å². The van der Waals surface area contributed by atoms with Crippen LogP contribution in [0.5, 0.6) is 0 Å². The number of hydrogen-bond acceptors (Lipinski definition) is 4. The van der Waals surface area contributed by atoms with Crippen molar-refractivity contribution in [2.75, 3.05) is 0 Å². The first-order chi connectivity index (χ1) is 34.4. The fourth-order valence-corrected chi connectivity index (χ4v) is 13.1. The summed E-state index contributed by atoms with van der Waals surface area (Å²) in [7, 11) is 0. The van der Waals surface area contributed by atoms with Crippen molar-refractivity contribution in [3.05, 3.63) is 211 Å². The summed E-state index contributed by atoms with van der Waals surface area (Å²) in [5.74, 6) is 6.14. The number of nitrogens with zero attached hydrogens (tertiary/aromatic N) is 4. The Hall–Kier alpha value is -6.42. The molecular weight excluding hydrogens is 1110 g/mol. The number of pyridine rings is 2. The first kappa shape index (κ1) is 42.7. The molecule has 0 atom stereocenters. The molecule has 0 N–H and O–H groups in total. The van der Waals surface area contributed by atoms with Gasteiger partial charge < -0.3 is 4.57 Å². The van der Waals surface area contributed by atoms with Gasteiger partial charge in [-0.05, 0) is 75.3 Å². The van der Waals surface area contributed by atoms with Crippen molar-refractivity contribution in [3.8, 4) is 61.8 Å². The minimum Gasteiger partial charge on any atom is 0 e. The van der Waals surface area contributed by atoms with Gasteiger partial charge >= 0.3 is 131 Å². The summed E-state index contributed by atoms with van der Waals surface area (Å²) in [5.41, 5.74) is 11.0. The molecule has 9 heteroatoms. The Morgan fingerprint density at radius 3 is 2.12 bits per heavy atom. The van der Waals surface area contributed by atoms with Crippen LogP contribution < -0.4 is 4.40 Å². The normalized spacial score (nSPS) is 12.7. The van der Waals surface area contributed by atoms with Gasteiger partial charge in [-0.25, -0.2) is 8.78 Å². The minimum atomic E-state index is -2.14. The molecule has 1 radical (unpaired) electrons. The summed E-state index contributed by atoms with van der Waals surface area (Å²) in [6.45, 7) is 1.66. The van der Waals surface area contributed by atoms with Crippen molar-refractivity contribution in [2.45, 2.75) is 43.9 Å². The maximum absolute atomic E-state index is 16.0. The van der Waals surface area contributed by atoms with Gasteiger partial charge in [0.15, 0.2) is 0 Å². The molecule has 0 amide bonds. The van der Waals surface area contributed by atoms with Gasteiger partial charge in [0.25, 0.3) is 0 Å². The van der Waals surface area contributed by atoms with Crippen molar-refractivity contribution >= 4 is 60.2 Å². The molecule has 11 rings (SSSR count). The Labute approximate surface area is 428 Å². The van der Waals surface area contributed by atoms with Crippen LogP contribution in [0.25, 0.3) is 93.0 Å². The van der Waals surface area contributed by atoms with E-state index in [2.05, 4.69) is 76.8 Å². The molecule has 0 spiro atoms. The number of hydrogen-bond donors (Lipinski definition) is 0. The predicted octanol–water partition coefficient (Wildman–Crippen LogP) is 16.1. The number of para-hydroxylation sites is 1. The zero-order valence-electron chi connectivity index (χ0n) is 42.5. The number of halogens is 2. The van der Waals surface area contributed by atoms with Crippen LogP contribution >= 0.6 is 11.3 Å². The Morgan fingerprint density at radius 2 is 1.42 bits per heavy atom. The summed E-state index contributed by atoms with van der Waals surface area (Å²) < 4.78 is 65.7. The third-order valence-corrected chi connectivity index (χ3v) is 17.5. The molecule has 4 aromatic heterocycles. The maximum Gasteiger partial charge on any atom is 0 e. The molecule has 0 aliphatic carbocycles. The predicted molar refractivity (Wildman–Crippen MR) is 283 cm³/mol. The second-order valence-electron chi connectivity index (χ2n) is 18.0. The number of benzene rings is 7. The molecule has 11 aromatic rings. The standard InChI is InChI=1S/C42H24F2N3S.C18H24GeN.Ir/c43-30-20-17-28(18-21-30)37-24-34-32-13-7-14-33(41(32)48-39(34)25-45-37)42-46-36-16-8-15-35(44)40(36)47(42)38-23-29(26-9-3-1-4-10-26)19-22-31(38)27-11-5-2-6-12-27;1-13(2)16-11-18(15-9-7-14(3)8-10-15)20-12-17(16)19(4,5)6;/h1-13,15-25H;7-9,11-13H,1-6H3;/q2*-1;/i;3D3,13D;. The third kappa shape index (κ3) is 9.64. The van der Waals surface area contributed by atoms with E-state index in [4.69, 9.17) is 15.5 Å². The van der Waals surface area contributed by atoms with Gasteiger partial charge in [0.2, 0.25) is 0 Å². The summed E-state index contributed by atoms with van der Waals surface area (Å²) in [6.07, 6.45) is 3.77. The van der Waals surface area contributed by atoms with Crippen LogP contribution in [0, 0.1) is 30.6 Å². The molecule has 0 fully saturated rings. The number of rotatable bonds is 8. The van der Waals surface area contributed by atoms with Crippen LogP contribution in [0.3, 0.4) is 0 Å². The Morgan fingerprint density at radius 1 is 0.696 bits per heavy atom. The van der Waals surface area contributed by atoms with Crippen molar-refractivity contribution < 1.29 is 34.4 Å². The average Bonchev–Trinajstić information content (AvgIpc) is 3.96. The number of aryl methyl sites for hydroxylation is 1. The van der Waals surface area contributed by atoms with Crippen molar-refractivity contribution in [3.63, 3.8) is 0 Å². The van der Waals surface area contributed by atoms with Crippen molar-refractivity contribution in [2.24, 2.45) is 0 Å². The second-order valence-corrected chi connectivity index (χ2v) is 29.6. The number of fused-ring (bicyclic) bond motifs is 4. The smallest absolute Gasteiger partial charge is 0 e. The first-order valence-electron chi connectivity index (χ1n) is 24.4. The van der Waals surface area contributed by atoms with E-state index in [-0.39, 0.29) is 37.3 Å². The summed E-state index contributed by atoms with van der Waals surface area (Å²) in [4.78, 5) is 14.4. The van der Waals surface area contributed by atoms with Crippen molar-refractivity contribution in [1.82, 2.24) is 19.5 Å². The van der Waals surface area contributed by atoms with E-state index in [9.17, 15) is 4.39 Å². The van der Waals surface area contributed by atoms with Gasteiger partial charge in [0.1, 0.15) is 11.6 Å². The molecule has 4 heterocycles. The topological polar surface area (TPSA) is 43.6 Å². The van der Waals surface area contributed by atoms with Gasteiger partial charge in [0.05, 0.1) is 22.6 Å².